The van der Waals surface area contributed by atoms with Crippen molar-refractivity contribution in [3.05, 3.63) is 87.2 Å². The second kappa shape index (κ2) is 7.60. The van der Waals surface area contributed by atoms with Crippen LogP contribution in [0.4, 0.5) is 5.69 Å². The molecule has 0 amide bonds. The molecule has 2 aromatic carbocycles. The van der Waals surface area contributed by atoms with Crippen LogP contribution in [0.5, 0.6) is 0 Å². The molecule has 138 valence electrons. The third-order valence-electron chi connectivity index (χ3n) is 4.23. The van der Waals surface area contributed by atoms with E-state index in [2.05, 4.69) is 0 Å². The molecule has 3 rings (SSSR count). The highest BCUT2D eigenvalue weighted by Crippen LogP contribution is 2.29. The standard InChI is InChI=1S/C21H14N2O5/c1-13-18(6-3-7-19(13)21(24)25)20-9-8-17(28-20)11-15(12-22)14-4-2-5-16(10-14)23(26)27/h2-11H,1H3,(H,24,25). The van der Waals surface area contributed by atoms with Crippen molar-refractivity contribution >= 4 is 23.3 Å². The molecule has 1 aromatic heterocycles. The Hall–Kier alpha value is -4.18. The average Bonchev–Trinajstić information content (AvgIpc) is 3.14. The monoisotopic (exact) mass is 374 g/mol. The van der Waals surface area contributed by atoms with Gasteiger partial charge in [-0.2, -0.15) is 5.26 Å². The molecule has 28 heavy (non-hydrogen) atoms. The number of allylic oxidation sites excluding steroid dienone is 1. The molecule has 1 N–H and O–H groups in total. The molecule has 7 heteroatoms. The lowest BCUT2D eigenvalue weighted by Crippen LogP contribution is -2.00. The van der Waals surface area contributed by atoms with E-state index >= 15 is 0 Å². The van der Waals surface area contributed by atoms with Gasteiger partial charge in [-0.3, -0.25) is 10.1 Å². The quantitative estimate of drug-likeness (QED) is 0.384. The molecule has 0 atom stereocenters. The van der Waals surface area contributed by atoms with Crippen LogP contribution < -0.4 is 0 Å². The molecule has 0 saturated carbocycles. The van der Waals surface area contributed by atoms with E-state index in [0.717, 1.165) is 0 Å². The van der Waals surface area contributed by atoms with Crippen LogP contribution in [-0.4, -0.2) is 16.0 Å². The average molecular weight is 374 g/mol. The number of carbonyl (C=O) groups is 1. The van der Waals surface area contributed by atoms with Gasteiger partial charge in [0.15, 0.2) is 0 Å². The first-order valence-corrected chi connectivity index (χ1v) is 8.20. The molecule has 0 aliphatic rings. The smallest absolute Gasteiger partial charge is 0.335 e. The number of aromatic carboxylic acids is 1. The Morgan fingerprint density at radius 2 is 1.96 bits per heavy atom. The number of rotatable bonds is 5. The Kier molecular flexibility index (Phi) is 5.05. The van der Waals surface area contributed by atoms with Crippen molar-refractivity contribution in [1.82, 2.24) is 0 Å². The lowest BCUT2D eigenvalue weighted by atomic mass is 10.0. The molecule has 0 spiro atoms. The fourth-order valence-corrected chi connectivity index (χ4v) is 2.82. The van der Waals surface area contributed by atoms with Gasteiger partial charge in [-0.15, -0.1) is 0 Å². The molecule has 1 heterocycles. The molecule has 0 radical (unpaired) electrons. The zero-order chi connectivity index (χ0) is 20.3. The van der Waals surface area contributed by atoms with Crippen LogP contribution in [-0.2, 0) is 0 Å². The lowest BCUT2D eigenvalue weighted by Gasteiger charge is -2.06. The lowest BCUT2D eigenvalue weighted by molar-refractivity contribution is -0.384. The van der Waals surface area contributed by atoms with Crippen molar-refractivity contribution in [3.8, 4) is 17.4 Å². The molecular formula is C21H14N2O5. The highest BCUT2D eigenvalue weighted by molar-refractivity contribution is 5.92. The van der Waals surface area contributed by atoms with Gasteiger partial charge in [0.25, 0.3) is 5.69 Å². The number of carboxylic acids is 1. The Labute approximate surface area is 159 Å². The fourth-order valence-electron chi connectivity index (χ4n) is 2.82. The fraction of sp³-hybridized carbons (Fsp3) is 0.0476. The Balaban J connectivity index is 1.99. The number of hydrogen-bond acceptors (Lipinski definition) is 5. The van der Waals surface area contributed by atoms with Gasteiger partial charge in [0, 0.05) is 17.7 Å². The van der Waals surface area contributed by atoms with E-state index in [1.807, 2.05) is 6.07 Å². The number of nitro groups is 1. The van der Waals surface area contributed by atoms with Crippen LogP contribution >= 0.6 is 0 Å². The van der Waals surface area contributed by atoms with Crippen molar-refractivity contribution in [1.29, 1.82) is 5.26 Å². The SMILES string of the molecule is Cc1c(C(=O)O)cccc1-c1ccc(C=C(C#N)c2cccc([N+](=O)[O-])c2)o1. The third-order valence-corrected chi connectivity index (χ3v) is 4.23. The summed E-state index contributed by atoms with van der Waals surface area (Å²) in [5.41, 5.74) is 1.88. The van der Waals surface area contributed by atoms with Gasteiger partial charge in [-0.1, -0.05) is 24.3 Å². The van der Waals surface area contributed by atoms with Crippen molar-refractivity contribution < 1.29 is 19.2 Å². The van der Waals surface area contributed by atoms with Crippen LogP contribution in [0.2, 0.25) is 0 Å². The number of nitro benzene ring substituents is 1. The molecule has 0 bridgehead atoms. The number of benzene rings is 2. The summed E-state index contributed by atoms with van der Waals surface area (Å²) >= 11 is 0. The van der Waals surface area contributed by atoms with E-state index in [0.29, 0.717) is 28.2 Å². The van der Waals surface area contributed by atoms with E-state index in [9.17, 15) is 25.3 Å². The van der Waals surface area contributed by atoms with Gasteiger partial charge in [-0.25, -0.2) is 4.79 Å². The van der Waals surface area contributed by atoms with Gasteiger partial charge in [0.2, 0.25) is 0 Å². The maximum atomic E-state index is 11.3. The van der Waals surface area contributed by atoms with Gasteiger partial charge >= 0.3 is 5.97 Å². The number of carboxylic acid groups (broad SMARTS) is 1. The van der Waals surface area contributed by atoms with E-state index < -0.39 is 10.9 Å². The maximum absolute atomic E-state index is 11.3. The topological polar surface area (TPSA) is 117 Å². The van der Waals surface area contributed by atoms with Crippen LogP contribution in [0, 0.1) is 28.4 Å². The number of nitriles is 1. The van der Waals surface area contributed by atoms with Crippen LogP contribution in [0.1, 0.15) is 27.2 Å². The maximum Gasteiger partial charge on any atom is 0.335 e. The summed E-state index contributed by atoms with van der Waals surface area (Å²) in [6.07, 6.45) is 1.49. The molecule has 7 nitrogen and oxygen atoms in total. The Morgan fingerprint density at radius 1 is 1.21 bits per heavy atom. The summed E-state index contributed by atoms with van der Waals surface area (Å²) in [7, 11) is 0. The first kappa shape index (κ1) is 18.6. The third kappa shape index (κ3) is 3.66. The summed E-state index contributed by atoms with van der Waals surface area (Å²) < 4.78 is 5.76. The number of nitrogens with zero attached hydrogens (tertiary/aromatic N) is 2. The molecule has 0 fully saturated rings. The highest BCUT2D eigenvalue weighted by atomic mass is 16.6. The summed E-state index contributed by atoms with van der Waals surface area (Å²) in [5.74, 6) is -0.190. The summed E-state index contributed by atoms with van der Waals surface area (Å²) in [4.78, 5) is 21.7. The molecule has 0 aliphatic heterocycles. The largest absolute Gasteiger partial charge is 0.478 e. The van der Waals surface area contributed by atoms with Crippen LogP contribution in [0.15, 0.2) is 59.0 Å². The predicted molar refractivity (Wildman–Crippen MR) is 102 cm³/mol. The molecule has 0 saturated heterocycles. The van der Waals surface area contributed by atoms with Crippen LogP contribution in [0.3, 0.4) is 0 Å². The molecular weight excluding hydrogens is 360 g/mol. The number of furan rings is 1. The van der Waals surface area contributed by atoms with Crippen LogP contribution in [0.25, 0.3) is 23.0 Å². The Bertz CT molecular complexity index is 1150. The molecule has 3 aromatic rings. The molecule has 0 aliphatic carbocycles. The van der Waals surface area contributed by atoms with E-state index in [1.165, 1.54) is 30.3 Å². The Morgan fingerprint density at radius 3 is 2.64 bits per heavy atom. The van der Waals surface area contributed by atoms with E-state index in [4.69, 9.17) is 4.42 Å². The van der Waals surface area contributed by atoms with Crippen molar-refractivity contribution in [2.24, 2.45) is 0 Å². The summed E-state index contributed by atoms with van der Waals surface area (Å²) in [6, 6.07) is 16.0. The first-order valence-electron chi connectivity index (χ1n) is 8.20. The zero-order valence-corrected chi connectivity index (χ0v) is 14.7. The summed E-state index contributed by atoms with van der Waals surface area (Å²) in [6.45, 7) is 1.70. The van der Waals surface area contributed by atoms with E-state index in [-0.39, 0.29) is 16.8 Å². The second-order valence-corrected chi connectivity index (χ2v) is 5.96. The van der Waals surface area contributed by atoms with Crippen molar-refractivity contribution in [2.75, 3.05) is 0 Å². The number of non-ortho nitro benzene ring substituents is 1. The highest BCUT2D eigenvalue weighted by Gasteiger charge is 2.14. The minimum atomic E-state index is -1.02. The van der Waals surface area contributed by atoms with Crippen molar-refractivity contribution in [2.45, 2.75) is 6.92 Å². The normalized spacial score (nSPS) is 11.1. The minimum Gasteiger partial charge on any atom is -0.478 e. The van der Waals surface area contributed by atoms with Gasteiger partial charge in [0.1, 0.15) is 11.5 Å². The van der Waals surface area contributed by atoms with Crippen molar-refractivity contribution in [3.63, 3.8) is 0 Å². The first-order chi connectivity index (χ1) is 13.4. The minimum absolute atomic E-state index is 0.111. The summed E-state index contributed by atoms with van der Waals surface area (Å²) in [5, 5.41) is 29.6. The molecule has 0 unspecified atom stereocenters. The van der Waals surface area contributed by atoms with E-state index in [1.54, 1.807) is 37.3 Å². The van der Waals surface area contributed by atoms with Gasteiger partial charge in [-0.05, 0) is 42.3 Å². The number of hydrogen-bond donors (Lipinski definition) is 1. The van der Waals surface area contributed by atoms with Gasteiger partial charge < -0.3 is 9.52 Å². The predicted octanol–water partition coefficient (Wildman–Crippen LogP) is 4.93. The second-order valence-electron chi connectivity index (χ2n) is 5.96. The zero-order valence-electron chi connectivity index (χ0n) is 14.7. The van der Waals surface area contributed by atoms with Gasteiger partial charge in [0.05, 0.1) is 22.1 Å².